The largest absolute Gasteiger partial charge is 0.322 e. The number of carbonyl (C=O) groups excluding carboxylic acids is 1. The molecular formula is C11H9N3O. The molecule has 2 aromatic rings. The molecule has 0 atom stereocenters. The molecule has 74 valence electrons. The van der Waals surface area contributed by atoms with E-state index in [1.165, 1.54) is 6.08 Å². The molecule has 0 bridgehead atoms. The van der Waals surface area contributed by atoms with Crippen LogP contribution in [-0.2, 0) is 4.79 Å². The Hall–Kier alpha value is -2.23. The van der Waals surface area contributed by atoms with Crippen molar-refractivity contribution in [3.63, 3.8) is 0 Å². The first-order valence-corrected chi connectivity index (χ1v) is 4.44. The maximum atomic E-state index is 11.1. The summed E-state index contributed by atoms with van der Waals surface area (Å²) in [7, 11) is 0. The van der Waals surface area contributed by atoms with Crippen molar-refractivity contribution in [1.29, 1.82) is 0 Å². The van der Waals surface area contributed by atoms with Crippen LogP contribution in [0.2, 0.25) is 0 Å². The van der Waals surface area contributed by atoms with Crippen LogP contribution in [0, 0.1) is 0 Å². The van der Waals surface area contributed by atoms with Gasteiger partial charge in [0.1, 0.15) is 0 Å². The molecule has 1 heterocycles. The number of aromatic nitrogens is 2. The Kier molecular flexibility index (Phi) is 2.41. The summed E-state index contributed by atoms with van der Waals surface area (Å²) in [5, 5.41) is 2.66. The van der Waals surface area contributed by atoms with Crippen LogP contribution < -0.4 is 5.32 Å². The van der Waals surface area contributed by atoms with Crippen molar-refractivity contribution in [2.24, 2.45) is 0 Å². The predicted octanol–water partition coefficient (Wildman–Crippen LogP) is 1.75. The smallest absolute Gasteiger partial charge is 0.247 e. The number of fused-ring (bicyclic) bond motifs is 1. The second-order valence-corrected chi connectivity index (χ2v) is 2.95. The molecule has 0 spiro atoms. The van der Waals surface area contributed by atoms with Gasteiger partial charge in [0.15, 0.2) is 0 Å². The third kappa shape index (κ3) is 1.99. The van der Waals surface area contributed by atoms with Crippen LogP contribution in [0.25, 0.3) is 11.0 Å². The van der Waals surface area contributed by atoms with E-state index in [2.05, 4.69) is 21.9 Å². The lowest BCUT2D eigenvalue weighted by atomic mass is 10.2. The van der Waals surface area contributed by atoms with Gasteiger partial charge in [-0.25, -0.2) is 0 Å². The molecule has 0 fully saturated rings. The van der Waals surface area contributed by atoms with Gasteiger partial charge in [-0.2, -0.15) is 0 Å². The van der Waals surface area contributed by atoms with Crippen molar-refractivity contribution in [3.05, 3.63) is 43.2 Å². The number of nitrogens with one attached hydrogen (secondary N) is 1. The van der Waals surface area contributed by atoms with Crippen molar-refractivity contribution in [1.82, 2.24) is 9.97 Å². The summed E-state index contributed by atoms with van der Waals surface area (Å²) in [5.41, 5.74) is 2.24. The van der Waals surface area contributed by atoms with Gasteiger partial charge in [0.25, 0.3) is 0 Å². The Bertz CT molecular complexity index is 522. The Morgan fingerprint density at radius 2 is 2.00 bits per heavy atom. The van der Waals surface area contributed by atoms with E-state index >= 15 is 0 Å². The zero-order chi connectivity index (χ0) is 10.7. The van der Waals surface area contributed by atoms with Crippen LogP contribution in [0.1, 0.15) is 0 Å². The van der Waals surface area contributed by atoms with Crippen LogP contribution in [0.5, 0.6) is 0 Å². The SMILES string of the molecule is C=CC(=O)Nc1ccc2nccnc2c1. The molecule has 1 amide bonds. The Morgan fingerprint density at radius 3 is 2.73 bits per heavy atom. The molecule has 15 heavy (non-hydrogen) atoms. The normalized spacial score (nSPS) is 9.87. The van der Waals surface area contributed by atoms with Gasteiger partial charge >= 0.3 is 0 Å². The minimum absolute atomic E-state index is 0.238. The van der Waals surface area contributed by atoms with Crippen molar-refractivity contribution in [2.75, 3.05) is 5.32 Å². The number of benzene rings is 1. The third-order valence-corrected chi connectivity index (χ3v) is 1.92. The monoisotopic (exact) mass is 199 g/mol. The number of nitrogens with zero attached hydrogens (tertiary/aromatic N) is 2. The maximum absolute atomic E-state index is 11.1. The van der Waals surface area contributed by atoms with Gasteiger partial charge in [0.05, 0.1) is 11.0 Å². The molecule has 0 saturated carbocycles. The fourth-order valence-electron chi connectivity index (χ4n) is 1.23. The van der Waals surface area contributed by atoms with E-state index in [0.29, 0.717) is 5.69 Å². The van der Waals surface area contributed by atoms with Gasteiger partial charge in [0, 0.05) is 18.1 Å². The van der Waals surface area contributed by atoms with Crippen LogP contribution in [0.4, 0.5) is 5.69 Å². The standard InChI is InChI=1S/C11H9N3O/c1-2-11(15)14-8-3-4-9-10(7-8)13-6-5-12-9/h2-7H,1H2,(H,14,15). The second-order valence-electron chi connectivity index (χ2n) is 2.95. The maximum Gasteiger partial charge on any atom is 0.247 e. The van der Waals surface area contributed by atoms with Crippen molar-refractivity contribution in [2.45, 2.75) is 0 Å². The average Bonchev–Trinajstić information content (AvgIpc) is 2.29. The van der Waals surface area contributed by atoms with Gasteiger partial charge in [-0.1, -0.05) is 6.58 Å². The average molecular weight is 199 g/mol. The number of carbonyl (C=O) groups is 1. The lowest BCUT2D eigenvalue weighted by Crippen LogP contribution is -2.07. The van der Waals surface area contributed by atoms with Crippen molar-refractivity contribution in [3.8, 4) is 0 Å². The first kappa shape index (κ1) is 9.33. The van der Waals surface area contributed by atoms with E-state index in [0.717, 1.165) is 11.0 Å². The van der Waals surface area contributed by atoms with E-state index in [4.69, 9.17) is 0 Å². The Labute approximate surface area is 86.7 Å². The number of hydrogen-bond donors (Lipinski definition) is 1. The van der Waals surface area contributed by atoms with E-state index in [1.807, 2.05) is 0 Å². The molecule has 4 heteroatoms. The molecule has 0 unspecified atom stereocenters. The summed E-state index contributed by atoms with van der Waals surface area (Å²) >= 11 is 0. The predicted molar refractivity (Wildman–Crippen MR) is 58.4 cm³/mol. The zero-order valence-corrected chi connectivity index (χ0v) is 7.97. The Balaban J connectivity index is 2.38. The fraction of sp³-hybridized carbons (Fsp3) is 0. The van der Waals surface area contributed by atoms with E-state index in [-0.39, 0.29) is 5.91 Å². The second kappa shape index (κ2) is 3.88. The van der Waals surface area contributed by atoms with Crippen LogP contribution in [0.15, 0.2) is 43.2 Å². The van der Waals surface area contributed by atoms with Crippen LogP contribution in [-0.4, -0.2) is 15.9 Å². The van der Waals surface area contributed by atoms with Gasteiger partial charge in [-0.15, -0.1) is 0 Å². The highest BCUT2D eigenvalue weighted by molar-refractivity contribution is 5.99. The van der Waals surface area contributed by atoms with Gasteiger partial charge < -0.3 is 5.32 Å². The number of hydrogen-bond acceptors (Lipinski definition) is 3. The molecule has 1 aromatic carbocycles. The summed E-state index contributed by atoms with van der Waals surface area (Å²) in [6, 6.07) is 5.35. The lowest BCUT2D eigenvalue weighted by Gasteiger charge is -2.02. The molecule has 0 aliphatic heterocycles. The minimum atomic E-state index is -0.238. The highest BCUT2D eigenvalue weighted by Crippen LogP contribution is 2.14. The molecule has 0 aliphatic rings. The molecule has 0 radical (unpaired) electrons. The lowest BCUT2D eigenvalue weighted by molar-refractivity contribution is -0.111. The molecule has 1 aromatic heterocycles. The van der Waals surface area contributed by atoms with Crippen LogP contribution in [0.3, 0.4) is 0 Å². The van der Waals surface area contributed by atoms with Gasteiger partial charge in [-0.05, 0) is 24.3 Å². The first-order valence-electron chi connectivity index (χ1n) is 4.44. The van der Waals surface area contributed by atoms with E-state index in [9.17, 15) is 4.79 Å². The highest BCUT2D eigenvalue weighted by atomic mass is 16.1. The number of amides is 1. The number of anilines is 1. The molecule has 0 saturated heterocycles. The minimum Gasteiger partial charge on any atom is -0.322 e. The zero-order valence-electron chi connectivity index (χ0n) is 7.97. The summed E-state index contributed by atoms with van der Waals surface area (Å²) < 4.78 is 0. The van der Waals surface area contributed by atoms with Crippen LogP contribution >= 0.6 is 0 Å². The molecule has 1 N–H and O–H groups in total. The van der Waals surface area contributed by atoms with E-state index < -0.39 is 0 Å². The van der Waals surface area contributed by atoms with E-state index in [1.54, 1.807) is 30.6 Å². The van der Waals surface area contributed by atoms with Crippen molar-refractivity contribution >= 4 is 22.6 Å². The highest BCUT2D eigenvalue weighted by Gasteiger charge is 1.99. The molecular weight excluding hydrogens is 190 g/mol. The summed E-state index contributed by atoms with van der Waals surface area (Å²) in [5.74, 6) is -0.238. The van der Waals surface area contributed by atoms with Crippen molar-refractivity contribution < 1.29 is 4.79 Å². The first-order chi connectivity index (χ1) is 7.29. The topological polar surface area (TPSA) is 54.9 Å². The van der Waals surface area contributed by atoms with Gasteiger partial charge in [-0.3, -0.25) is 14.8 Å². The molecule has 4 nitrogen and oxygen atoms in total. The van der Waals surface area contributed by atoms with Gasteiger partial charge in [0.2, 0.25) is 5.91 Å². The third-order valence-electron chi connectivity index (χ3n) is 1.92. The molecule has 2 rings (SSSR count). The fourth-order valence-corrected chi connectivity index (χ4v) is 1.23. The molecule has 0 aliphatic carbocycles. The summed E-state index contributed by atoms with van der Waals surface area (Å²) in [6.07, 6.45) is 4.46. The quantitative estimate of drug-likeness (QED) is 0.750. The summed E-state index contributed by atoms with van der Waals surface area (Å²) in [4.78, 5) is 19.3. The summed E-state index contributed by atoms with van der Waals surface area (Å²) in [6.45, 7) is 3.38. The number of rotatable bonds is 2. The Morgan fingerprint density at radius 1 is 1.27 bits per heavy atom.